The van der Waals surface area contributed by atoms with Crippen molar-refractivity contribution in [2.45, 2.75) is 69.9 Å². The summed E-state index contributed by atoms with van der Waals surface area (Å²) in [5, 5.41) is 12.2. The zero-order valence-corrected chi connectivity index (χ0v) is 12.5. The average molecular weight is 282 g/mol. The van der Waals surface area contributed by atoms with Crippen LogP contribution < -0.4 is 5.32 Å². The molecule has 0 saturated heterocycles. The van der Waals surface area contributed by atoms with E-state index in [-0.39, 0.29) is 18.5 Å². The van der Waals surface area contributed by atoms with Crippen LogP contribution in [0.4, 0.5) is 4.79 Å². The molecule has 0 aromatic rings. The van der Waals surface area contributed by atoms with Gasteiger partial charge in [-0.25, -0.2) is 4.79 Å². The van der Waals surface area contributed by atoms with Gasteiger partial charge in [0.15, 0.2) is 0 Å². The first-order valence-corrected chi connectivity index (χ1v) is 7.71. The van der Waals surface area contributed by atoms with Crippen LogP contribution in [0.15, 0.2) is 0 Å². The molecule has 2 aliphatic rings. The largest absolute Gasteiger partial charge is 0.481 e. The van der Waals surface area contributed by atoms with E-state index in [1.54, 1.807) is 11.9 Å². The van der Waals surface area contributed by atoms with Crippen molar-refractivity contribution in [1.29, 1.82) is 0 Å². The van der Waals surface area contributed by atoms with Crippen LogP contribution in [-0.4, -0.2) is 40.6 Å². The lowest BCUT2D eigenvalue weighted by Gasteiger charge is -2.44. The topological polar surface area (TPSA) is 69.6 Å². The molecule has 2 saturated carbocycles. The molecule has 20 heavy (non-hydrogen) atoms. The van der Waals surface area contributed by atoms with Crippen molar-refractivity contribution in [2.75, 3.05) is 7.05 Å². The molecule has 2 fully saturated rings. The number of hydrogen-bond acceptors (Lipinski definition) is 2. The fourth-order valence-corrected chi connectivity index (χ4v) is 3.34. The minimum Gasteiger partial charge on any atom is -0.481 e. The van der Waals surface area contributed by atoms with E-state index in [9.17, 15) is 14.7 Å². The third-order valence-electron chi connectivity index (χ3n) is 4.96. The van der Waals surface area contributed by atoms with Gasteiger partial charge in [-0.1, -0.05) is 19.3 Å². The van der Waals surface area contributed by atoms with Gasteiger partial charge >= 0.3 is 12.0 Å². The number of aliphatic carboxylic acids is 1. The number of carboxylic acids is 1. The van der Waals surface area contributed by atoms with Gasteiger partial charge in [0.2, 0.25) is 0 Å². The van der Waals surface area contributed by atoms with Crippen LogP contribution in [0.5, 0.6) is 0 Å². The van der Waals surface area contributed by atoms with Gasteiger partial charge in [0.05, 0.1) is 12.0 Å². The molecule has 0 aromatic carbocycles. The number of carboxylic acid groups (broad SMARTS) is 1. The monoisotopic (exact) mass is 282 g/mol. The second-order valence-electron chi connectivity index (χ2n) is 6.49. The standard InChI is InChI=1S/C15H26N2O3/c1-11(12-6-7-12)16-14(20)17(2)15(10-13(18)19)8-4-3-5-9-15/h11-12H,3-10H2,1-2H3,(H,16,20)(H,18,19). The smallest absolute Gasteiger partial charge is 0.317 e. The fraction of sp³-hybridized carbons (Fsp3) is 0.867. The Labute approximate surface area is 120 Å². The molecule has 1 unspecified atom stereocenters. The van der Waals surface area contributed by atoms with Gasteiger partial charge < -0.3 is 15.3 Å². The Balaban J connectivity index is 2.02. The number of amides is 2. The molecule has 0 bridgehead atoms. The second-order valence-corrected chi connectivity index (χ2v) is 6.49. The molecule has 2 N–H and O–H groups in total. The highest BCUT2D eigenvalue weighted by atomic mass is 16.4. The highest BCUT2D eigenvalue weighted by molar-refractivity contribution is 5.77. The molecule has 114 valence electrons. The summed E-state index contributed by atoms with van der Waals surface area (Å²) in [6.45, 7) is 2.04. The molecular formula is C15H26N2O3. The number of nitrogens with zero attached hydrogens (tertiary/aromatic N) is 1. The van der Waals surface area contributed by atoms with E-state index < -0.39 is 11.5 Å². The van der Waals surface area contributed by atoms with E-state index >= 15 is 0 Å². The number of carbonyl (C=O) groups excluding carboxylic acids is 1. The molecular weight excluding hydrogens is 256 g/mol. The Hall–Kier alpha value is -1.26. The molecule has 0 heterocycles. The van der Waals surface area contributed by atoms with Crippen LogP contribution in [-0.2, 0) is 4.79 Å². The number of nitrogens with one attached hydrogen (secondary N) is 1. The number of carbonyl (C=O) groups is 2. The van der Waals surface area contributed by atoms with Gasteiger partial charge in [0.1, 0.15) is 0 Å². The molecule has 0 aliphatic heterocycles. The van der Waals surface area contributed by atoms with Gasteiger partial charge in [-0.3, -0.25) is 4.79 Å². The molecule has 5 heteroatoms. The Morgan fingerprint density at radius 3 is 2.40 bits per heavy atom. The minimum atomic E-state index is -0.818. The van der Waals surface area contributed by atoms with Crippen LogP contribution in [0.25, 0.3) is 0 Å². The zero-order valence-electron chi connectivity index (χ0n) is 12.5. The first-order valence-electron chi connectivity index (χ1n) is 7.71. The Kier molecular flexibility index (Phi) is 4.55. The van der Waals surface area contributed by atoms with Crippen molar-refractivity contribution in [1.82, 2.24) is 10.2 Å². The summed E-state index contributed by atoms with van der Waals surface area (Å²) in [6.07, 6.45) is 7.15. The number of hydrogen-bond donors (Lipinski definition) is 2. The van der Waals surface area contributed by atoms with E-state index in [0.29, 0.717) is 5.92 Å². The van der Waals surface area contributed by atoms with Gasteiger partial charge in [0.25, 0.3) is 0 Å². The van der Waals surface area contributed by atoms with Crippen molar-refractivity contribution in [2.24, 2.45) is 5.92 Å². The van der Waals surface area contributed by atoms with Crippen LogP contribution >= 0.6 is 0 Å². The first kappa shape index (κ1) is 15.1. The minimum absolute atomic E-state index is 0.0503. The van der Waals surface area contributed by atoms with Gasteiger partial charge in [-0.05, 0) is 38.5 Å². The Morgan fingerprint density at radius 1 is 1.30 bits per heavy atom. The number of urea groups is 1. The Bertz CT molecular complexity index is 373. The van der Waals surface area contributed by atoms with Crippen molar-refractivity contribution in [3.05, 3.63) is 0 Å². The van der Waals surface area contributed by atoms with Gasteiger partial charge in [0, 0.05) is 13.1 Å². The molecule has 1 atom stereocenters. The molecule has 2 rings (SSSR count). The summed E-state index contributed by atoms with van der Waals surface area (Å²) in [6, 6.07) is 0.0722. The van der Waals surface area contributed by atoms with Gasteiger partial charge in [-0.2, -0.15) is 0 Å². The highest BCUT2D eigenvalue weighted by Crippen LogP contribution is 2.36. The molecule has 0 radical (unpaired) electrons. The van der Waals surface area contributed by atoms with E-state index in [4.69, 9.17) is 0 Å². The lowest BCUT2D eigenvalue weighted by Crippen LogP contribution is -2.56. The quantitative estimate of drug-likeness (QED) is 0.814. The summed E-state index contributed by atoms with van der Waals surface area (Å²) >= 11 is 0. The third-order valence-corrected chi connectivity index (χ3v) is 4.96. The van der Waals surface area contributed by atoms with Crippen molar-refractivity contribution in [3.8, 4) is 0 Å². The molecule has 2 aliphatic carbocycles. The van der Waals surface area contributed by atoms with Crippen molar-refractivity contribution >= 4 is 12.0 Å². The summed E-state index contributed by atoms with van der Waals surface area (Å²) in [4.78, 5) is 25.2. The lowest BCUT2D eigenvalue weighted by atomic mass is 9.78. The molecule has 2 amide bonds. The molecule has 0 aromatic heterocycles. The van der Waals surface area contributed by atoms with E-state index in [2.05, 4.69) is 5.32 Å². The van der Waals surface area contributed by atoms with E-state index in [0.717, 1.165) is 32.1 Å². The predicted molar refractivity (Wildman–Crippen MR) is 76.5 cm³/mol. The number of rotatable bonds is 5. The molecule has 5 nitrogen and oxygen atoms in total. The highest BCUT2D eigenvalue weighted by Gasteiger charge is 2.41. The second kappa shape index (κ2) is 6.02. The van der Waals surface area contributed by atoms with Crippen LogP contribution in [0.1, 0.15) is 58.3 Å². The van der Waals surface area contributed by atoms with E-state index in [1.165, 1.54) is 12.8 Å². The van der Waals surface area contributed by atoms with Gasteiger partial charge in [-0.15, -0.1) is 0 Å². The maximum atomic E-state index is 12.4. The summed E-state index contributed by atoms with van der Waals surface area (Å²) in [5.41, 5.74) is -0.503. The van der Waals surface area contributed by atoms with Crippen LogP contribution in [0.2, 0.25) is 0 Å². The first-order chi connectivity index (χ1) is 9.44. The van der Waals surface area contributed by atoms with Crippen molar-refractivity contribution in [3.63, 3.8) is 0 Å². The zero-order chi connectivity index (χ0) is 14.8. The maximum Gasteiger partial charge on any atom is 0.317 e. The summed E-state index contributed by atoms with van der Waals surface area (Å²) < 4.78 is 0. The Morgan fingerprint density at radius 2 is 1.90 bits per heavy atom. The summed E-state index contributed by atoms with van der Waals surface area (Å²) in [5.74, 6) is -0.212. The lowest BCUT2D eigenvalue weighted by molar-refractivity contribution is -0.140. The predicted octanol–water partition coefficient (Wildman–Crippen LogP) is 2.60. The van der Waals surface area contributed by atoms with Crippen molar-refractivity contribution < 1.29 is 14.7 Å². The van der Waals surface area contributed by atoms with E-state index in [1.807, 2.05) is 6.92 Å². The van der Waals surface area contributed by atoms with Crippen LogP contribution in [0.3, 0.4) is 0 Å². The summed E-state index contributed by atoms with van der Waals surface area (Å²) in [7, 11) is 1.75. The maximum absolute atomic E-state index is 12.4. The third kappa shape index (κ3) is 3.44. The molecule has 0 spiro atoms. The SMILES string of the molecule is CC(NC(=O)N(C)C1(CC(=O)O)CCCCC1)C1CC1. The fourth-order valence-electron chi connectivity index (χ4n) is 3.34. The normalized spacial score (nSPS) is 22.9. The van der Waals surface area contributed by atoms with Crippen LogP contribution in [0, 0.1) is 5.92 Å². The average Bonchev–Trinajstić information content (AvgIpc) is 3.22.